The summed E-state index contributed by atoms with van der Waals surface area (Å²) in [5.74, 6) is -2.33. The van der Waals surface area contributed by atoms with Crippen LogP contribution in [0.15, 0.2) is 88.7 Å². The zero-order valence-corrected chi connectivity index (χ0v) is 18.1. The predicted molar refractivity (Wildman–Crippen MR) is 116 cm³/mol. The molecule has 0 atom stereocenters. The van der Waals surface area contributed by atoms with Crippen LogP contribution in [0.4, 0.5) is 0 Å². The third-order valence-electron chi connectivity index (χ3n) is 3.94. The van der Waals surface area contributed by atoms with Gasteiger partial charge in [0.2, 0.25) is 0 Å². The van der Waals surface area contributed by atoms with E-state index in [2.05, 4.69) is 51.5 Å². The van der Waals surface area contributed by atoms with Crippen LogP contribution in [0.5, 0.6) is 0 Å². The lowest BCUT2D eigenvalue weighted by molar-refractivity contribution is -0.884. The molecule has 3 rings (SSSR count). The van der Waals surface area contributed by atoms with Gasteiger partial charge in [0, 0.05) is 20.9 Å². The Bertz CT molecular complexity index is 942. The maximum Gasteiger partial charge on any atom is 0.336 e. The first-order chi connectivity index (χ1) is 14.2. The van der Waals surface area contributed by atoms with Gasteiger partial charge >= 0.3 is 5.97 Å². The van der Waals surface area contributed by atoms with Crippen molar-refractivity contribution in [3.05, 3.63) is 95.6 Å². The summed E-state index contributed by atoms with van der Waals surface area (Å²) in [5.41, 5.74) is 1.59. The lowest BCUT2D eigenvalue weighted by atomic mass is 10.2. The molecule has 0 radical (unpaired) electrons. The van der Waals surface area contributed by atoms with Crippen molar-refractivity contribution in [2.45, 2.75) is 16.3 Å². The first kappa shape index (κ1) is 23.2. The first-order valence-electron chi connectivity index (χ1n) is 9.32. The zero-order valence-electron chi connectivity index (χ0n) is 17.2. The minimum absolute atomic E-state index is 0.0488. The Balaban J connectivity index is 0.000000248. The third-order valence-corrected chi connectivity index (χ3v) is 5.10. The molecule has 1 N–H and O–H groups in total. The Morgan fingerprint density at radius 1 is 0.800 bits per heavy atom. The summed E-state index contributed by atoms with van der Waals surface area (Å²) < 4.78 is 0.990. The Morgan fingerprint density at radius 2 is 1.27 bits per heavy atom. The lowest BCUT2D eigenvalue weighted by Crippen LogP contribution is -2.33. The molecule has 0 amide bonds. The van der Waals surface area contributed by atoms with Gasteiger partial charge in [0.05, 0.1) is 32.7 Å². The number of carboxylic acid groups (broad SMARTS) is 2. The van der Waals surface area contributed by atoms with Crippen molar-refractivity contribution >= 4 is 23.7 Å². The number of quaternary nitrogens is 1. The molecule has 0 fully saturated rings. The summed E-state index contributed by atoms with van der Waals surface area (Å²) >= 11 is 1.10. The molecule has 0 aliphatic carbocycles. The van der Waals surface area contributed by atoms with E-state index in [9.17, 15) is 14.7 Å². The predicted octanol–water partition coefficient (Wildman–Crippen LogP) is 3.79. The summed E-state index contributed by atoms with van der Waals surface area (Å²) in [6, 6.07) is 23.4. The molecule has 0 spiro atoms. The molecule has 0 aromatic heterocycles. The molecule has 156 valence electrons. The minimum atomic E-state index is -1.28. The Kier molecular flexibility index (Phi) is 8.21. The molecule has 30 heavy (non-hydrogen) atoms. The van der Waals surface area contributed by atoms with Gasteiger partial charge in [0.15, 0.2) is 0 Å². The quantitative estimate of drug-likeness (QED) is 0.611. The smallest absolute Gasteiger partial charge is 0.336 e. The summed E-state index contributed by atoms with van der Waals surface area (Å²) in [6.45, 7) is 1.10. The van der Waals surface area contributed by atoms with Gasteiger partial charge in [0.25, 0.3) is 0 Å². The standard InChI is InChI=1S/C14H10O4S.C10H16N/c15-13(16)9-5-1-3-7-11(9)19-12-8-4-2-6-10(12)14(17)18;1-11(2,3)9-10-7-5-4-6-8-10/h1-8H,(H,15,16)(H,17,18);4-8H,9H2,1-3H3/q;+1/p-1. The van der Waals surface area contributed by atoms with Crippen molar-refractivity contribution in [3.63, 3.8) is 0 Å². The Labute approximate surface area is 181 Å². The normalized spacial score (nSPS) is 10.6. The lowest BCUT2D eigenvalue weighted by Gasteiger charge is -2.23. The molecule has 0 unspecified atom stereocenters. The summed E-state index contributed by atoms with van der Waals surface area (Å²) in [6.07, 6.45) is 0. The van der Waals surface area contributed by atoms with E-state index in [1.165, 1.54) is 17.7 Å². The van der Waals surface area contributed by atoms with Crippen LogP contribution in [-0.4, -0.2) is 42.7 Å². The van der Waals surface area contributed by atoms with Gasteiger partial charge in [0.1, 0.15) is 6.54 Å². The SMILES string of the molecule is C[N+](C)(C)Cc1ccccc1.O=C([O-])c1ccccc1Sc1ccccc1C(=O)O. The average Bonchev–Trinajstić information content (AvgIpc) is 2.68. The third kappa shape index (κ3) is 7.39. The van der Waals surface area contributed by atoms with Crippen LogP contribution in [0, 0.1) is 0 Å². The molecule has 6 heteroatoms. The van der Waals surface area contributed by atoms with Crippen LogP contribution < -0.4 is 5.11 Å². The van der Waals surface area contributed by atoms with E-state index in [1.807, 2.05) is 0 Å². The van der Waals surface area contributed by atoms with E-state index in [0.717, 1.165) is 22.8 Å². The van der Waals surface area contributed by atoms with Crippen LogP contribution in [-0.2, 0) is 6.54 Å². The summed E-state index contributed by atoms with van der Waals surface area (Å²) in [7, 11) is 6.60. The van der Waals surface area contributed by atoms with E-state index in [0.29, 0.717) is 9.79 Å². The van der Waals surface area contributed by atoms with E-state index >= 15 is 0 Å². The van der Waals surface area contributed by atoms with Crippen molar-refractivity contribution in [1.82, 2.24) is 0 Å². The van der Waals surface area contributed by atoms with Crippen LogP contribution >= 0.6 is 11.8 Å². The number of nitrogens with zero attached hydrogens (tertiary/aromatic N) is 1. The zero-order chi connectivity index (χ0) is 22.1. The van der Waals surface area contributed by atoms with Crippen molar-refractivity contribution in [2.24, 2.45) is 0 Å². The highest BCUT2D eigenvalue weighted by atomic mass is 32.2. The Hall–Kier alpha value is -3.09. The van der Waals surface area contributed by atoms with Gasteiger partial charge in [-0.2, -0.15) is 0 Å². The van der Waals surface area contributed by atoms with Gasteiger partial charge in [-0.15, -0.1) is 0 Å². The number of carboxylic acids is 2. The fourth-order valence-electron chi connectivity index (χ4n) is 2.71. The van der Waals surface area contributed by atoms with Crippen molar-refractivity contribution in [2.75, 3.05) is 21.1 Å². The molecule has 0 saturated heterocycles. The van der Waals surface area contributed by atoms with Gasteiger partial charge in [-0.25, -0.2) is 4.79 Å². The number of aromatic carboxylic acids is 2. The molecule has 5 nitrogen and oxygen atoms in total. The van der Waals surface area contributed by atoms with Gasteiger partial charge < -0.3 is 19.5 Å². The van der Waals surface area contributed by atoms with Crippen molar-refractivity contribution in [1.29, 1.82) is 0 Å². The number of benzene rings is 3. The second kappa shape index (κ2) is 10.6. The van der Waals surface area contributed by atoms with Gasteiger partial charge in [-0.1, -0.05) is 72.4 Å². The summed E-state index contributed by atoms with van der Waals surface area (Å²) in [4.78, 5) is 23.0. The van der Waals surface area contributed by atoms with Crippen LogP contribution in [0.2, 0.25) is 0 Å². The van der Waals surface area contributed by atoms with Crippen LogP contribution in [0.1, 0.15) is 26.3 Å². The highest BCUT2D eigenvalue weighted by Gasteiger charge is 2.12. The highest BCUT2D eigenvalue weighted by Crippen LogP contribution is 2.32. The van der Waals surface area contributed by atoms with Crippen molar-refractivity contribution in [3.8, 4) is 0 Å². The van der Waals surface area contributed by atoms with Gasteiger partial charge in [-0.3, -0.25) is 0 Å². The summed E-state index contributed by atoms with van der Waals surface area (Å²) in [5, 5.41) is 20.1. The second-order valence-corrected chi connectivity index (χ2v) is 8.70. The number of hydrogen-bond acceptors (Lipinski definition) is 4. The van der Waals surface area contributed by atoms with Crippen molar-refractivity contribution < 1.29 is 24.3 Å². The number of carbonyl (C=O) groups is 2. The molecule has 0 heterocycles. The molecule has 0 aliphatic heterocycles. The van der Waals surface area contributed by atoms with Crippen LogP contribution in [0.25, 0.3) is 0 Å². The maximum absolute atomic E-state index is 11.1. The van der Waals surface area contributed by atoms with E-state index in [-0.39, 0.29) is 11.1 Å². The minimum Gasteiger partial charge on any atom is -0.545 e. The molecule has 0 aliphatic rings. The molecule has 0 bridgehead atoms. The Morgan fingerprint density at radius 3 is 1.77 bits per heavy atom. The number of carbonyl (C=O) groups excluding carboxylic acids is 1. The monoisotopic (exact) mass is 423 g/mol. The van der Waals surface area contributed by atoms with Crippen LogP contribution in [0.3, 0.4) is 0 Å². The number of hydrogen-bond donors (Lipinski definition) is 1. The van der Waals surface area contributed by atoms with Gasteiger partial charge in [-0.05, 0) is 18.2 Å². The van der Waals surface area contributed by atoms with E-state index < -0.39 is 11.9 Å². The largest absolute Gasteiger partial charge is 0.545 e. The maximum atomic E-state index is 11.1. The fourth-order valence-corrected chi connectivity index (χ4v) is 3.76. The second-order valence-electron chi connectivity index (χ2n) is 7.62. The molecular formula is C24H25NO4S. The first-order valence-corrected chi connectivity index (χ1v) is 10.1. The number of rotatable bonds is 6. The molecule has 0 saturated carbocycles. The molecular weight excluding hydrogens is 398 g/mol. The fraction of sp³-hybridized carbons (Fsp3) is 0.167. The topological polar surface area (TPSA) is 77.4 Å². The average molecular weight is 424 g/mol. The molecule has 3 aromatic carbocycles. The molecule has 3 aromatic rings. The van der Waals surface area contributed by atoms with E-state index in [4.69, 9.17) is 5.11 Å². The highest BCUT2D eigenvalue weighted by molar-refractivity contribution is 7.99. The van der Waals surface area contributed by atoms with E-state index in [1.54, 1.807) is 36.4 Å².